The summed E-state index contributed by atoms with van der Waals surface area (Å²) in [7, 11) is 0. The van der Waals surface area contributed by atoms with Crippen LogP contribution in [0.25, 0.3) is 21.7 Å². The third kappa shape index (κ3) is 1.34. The van der Waals surface area contributed by atoms with Crippen LogP contribution in [0.2, 0.25) is 0 Å². The predicted molar refractivity (Wildman–Crippen MR) is 96.7 cm³/mol. The highest BCUT2D eigenvalue weighted by molar-refractivity contribution is 7.17. The van der Waals surface area contributed by atoms with Crippen molar-refractivity contribution in [3.8, 4) is 0 Å². The standard InChI is InChI=1S/C20H14S2/c1-4-20(17-7-13-2-5-21-18(13)8-12(1)17)10-14-9-19-15(3-6-22-19)16(14)11-20/h2-3,5-9,11H,1,4,10H2. The van der Waals surface area contributed by atoms with Crippen molar-refractivity contribution in [2.75, 3.05) is 0 Å². The first-order chi connectivity index (χ1) is 10.8. The monoisotopic (exact) mass is 318 g/mol. The minimum absolute atomic E-state index is 0.270. The fourth-order valence-electron chi connectivity index (χ4n) is 4.60. The molecule has 106 valence electrons. The van der Waals surface area contributed by atoms with Gasteiger partial charge in [0, 0.05) is 15.0 Å². The van der Waals surface area contributed by atoms with Crippen molar-refractivity contribution in [1.29, 1.82) is 0 Å². The average Bonchev–Trinajstić information content (AvgIpc) is 3.27. The molecule has 22 heavy (non-hydrogen) atoms. The van der Waals surface area contributed by atoms with Crippen molar-refractivity contribution in [2.45, 2.75) is 24.7 Å². The normalized spacial score (nSPS) is 24.5. The second kappa shape index (κ2) is 3.81. The van der Waals surface area contributed by atoms with Crippen LogP contribution in [-0.4, -0.2) is 0 Å². The Morgan fingerprint density at radius 2 is 2.00 bits per heavy atom. The molecule has 1 atom stereocenters. The molecule has 2 heterocycles. The van der Waals surface area contributed by atoms with E-state index in [0.29, 0.717) is 0 Å². The summed E-state index contributed by atoms with van der Waals surface area (Å²) >= 11 is 3.74. The van der Waals surface area contributed by atoms with E-state index in [-0.39, 0.29) is 5.41 Å². The Hall–Kier alpha value is -1.64. The van der Waals surface area contributed by atoms with E-state index in [4.69, 9.17) is 0 Å². The van der Waals surface area contributed by atoms with Crippen LogP contribution < -0.4 is 0 Å². The highest BCUT2D eigenvalue weighted by Gasteiger charge is 2.44. The molecular formula is C20H14S2. The number of aryl methyl sites for hydroxylation is 1. The Labute approximate surface area is 137 Å². The van der Waals surface area contributed by atoms with Gasteiger partial charge in [-0.3, -0.25) is 0 Å². The lowest BCUT2D eigenvalue weighted by atomic mass is 9.80. The summed E-state index contributed by atoms with van der Waals surface area (Å²) in [5.74, 6) is 0. The lowest BCUT2D eigenvalue weighted by Gasteiger charge is -2.22. The average molecular weight is 318 g/mol. The van der Waals surface area contributed by atoms with Crippen LogP contribution in [0.3, 0.4) is 0 Å². The lowest BCUT2D eigenvalue weighted by molar-refractivity contribution is 0.549. The molecule has 0 N–H and O–H groups in total. The van der Waals surface area contributed by atoms with Crippen LogP contribution in [-0.2, 0) is 11.8 Å². The van der Waals surface area contributed by atoms with E-state index < -0.39 is 0 Å². The highest BCUT2D eigenvalue weighted by atomic mass is 32.1. The van der Waals surface area contributed by atoms with E-state index in [2.05, 4.69) is 47.2 Å². The van der Waals surface area contributed by atoms with Crippen LogP contribution >= 0.6 is 22.7 Å². The fourth-order valence-corrected chi connectivity index (χ4v) is 6.30. The predicted octanol–water partition coefficient (Wildman–Crippen LogP) is 6.03. The highest BCUT2D eigenvalue weighted by Crippen LogP contribution is 2.56. The van der Waals surface area contributed by atoms with Gasteiger partial charge in [0.2, 0.25) is 0 Å². The Bertz CT molecular complexity index is 1010. The molecule has 0 amide bonds. The van der Waals surface area contributed by atoms with Crippen molar-refractivity contribution in [3.05, 3.63) is 68.2 Å². The fraction of sp³-hybridized carbons (Fsp3) is 0.200. The number of allylic oxidation sites excluding steroid dienone is 3. The summed E-state index contributed by atoms with van der Waals surface area (Å²) in [6, 6.07) is 9.49. The Morgan fingerprint density at radius 3 is 3.00 bits per heavy atom. The van der Waals surface area contributed by atoms with Gasteiger partial charge in [0.05, 0.1) is 0 Å². The minimum atomic E-state index is 0.270. The number of hydrogen-bond acceptors (Lipinski definition) is 2. The zero-order valence-corrected chi connectivity index (χ0v) is 13.7. The molecule has 3 aliphatic rings. The minimum Gasteiger partial charge on any atom is -0.144 e. The molecule has 1 aromatic carbocycles. The van der Waals surface area contributed by atoms with Crippen molar-refractivity contribution in [3.63, 3.8) is 0 Å². The SMILES string of the molecule is C1=C2CC3(C=C2c2ccsc21)CCc1cc2sccc2cc13. The second-order valence-electron chi connectivity index (χ2n) is 6.73. The maximum absolute atomic E-state index is 2.60. The molecule has 3 aliphatic carbocycles. The molecule has 3 aromatic rings. The molecule has 0 nitrogen and oxygen atoms in total. The molecule has 0 saturated carbocycles. The summed E-state index contributed by atoms with van der Waals surface area (Å²) in [4.78, 5) is 1.46. The van der Waals surface area contributed by atoms with Crippen LogP contribution in [0.15, 0.2) is 46.7 Å². The van der Waals surface area contributed by atoms with Crippen LogP contribution in [0.4, 0.5) is 0 Å². The zero-order valence-electron chi connectivity index (χ0n) is 12.1. The van der Waals surface area contributed by atoms with E-state index in [1.165, 1.54) is 45.4 Å². The molecule has 0 aliphatic heterocycles. The van der Waals surface area contributed by atoms with Gasteiger partial charge in [-0.1, -0.05) is 6.08 Å². The van der Waals surface area contributed by atoms with E-state index in [1.54, 1.807) is 16.7 Å². The Morgan fingerprint density at radius 1 is 1.05 bits per heavy atom. The lowest BCUT2D eigenvalue weighted by Crippen LogP contribution is -2.16. The number of thiophene rings is 2. The Kier molecular flexibility index (Phi) is 2.06. The van der Waals surface area contributed by atoms with Gasteiger partial charge in [-0.15, -0.1) is 22.7 Å². The first kappa shape index (κ1) is 11.9. The van der Waals surface area contributed by atoms with Crippen molar-refractivity contribution >= 4 is 44.4 Å². The molecule has 0 fully saturated rings. The molecule has 0 radical (unpaired) electrons. The van der Waals surface area contributed by atoms with E-state index in [0.717, 1.165) is 0 Å². The van der Waals surface area contributed by atoms with Crippen molar-refractivity contribution in [1.82, 2.24) is 0 Å². The van der Waals surface area contributed by atoms with Crippen LogP contribution in [0, 0.1) is 0 Å². The molecule has 6 rings (SSSR count). The molecule has 2 aromatic heterocycles. The van der Waals surface area contributed by atoms with Gasteiger partial charge in [0.15, 0.2) is 0 Å². The van der Waals surface area contributed by atoms with Gasteiger partial charge in [0.25, 0.3) is 0 Å². The largest absolute Gasteiger partial charge is 0.144 e. The molecule has 0 saturated heterocycles. The van der Waals surface area contributed by atoms with Gasteiger partial charge in [-0.2, -0.15) is 0 Å². The molecule has 1 spiro atoms. The number of fused-ring (bicyclic) bond motifs is 6. The topological polar surface area (TPSA) is 0 Å². The first-order valence-corrected chi connectivity index (χ1v) is 9.61. The van der Waals surface area contributed by atoms with Gasteiger partial charge < -0.3 is 0 Å². The molecule has 2 heteroatoms. The summed E-state index contributed by atoms with van der Waals surface area (Å²) in [5.41, 5.74) is 8.01. The maximum atomic E-state index is 2.60. The van der Waals surface area contributed by atoms with E-state index in [9.17, 15) is 0 Å². The summed E-state index contributed by atoms with van der Waals surface area (Å²) < 4.78 is 1.45. The number of rotatable bonds is 0. The third-order valence-corrected chi connectivity index (χ3v) is 7.36. The number of benzene rings is 1. The zero-order chi connectivity index (χ0) is 14.3. The molecule has 1 unspecified atom stereocenters. The summed E-state index contributed by atoms with van der Waals surface area (Å²) in [6.45, 7) is 0. The van der Waals surface area contributed by atoms with Crippen molar-refractivity contribution in [2.24, 2.45) is 0 Å². The van der Waals surface area contributed by atoms with Crippen molar-refractivity contribution < 1.29 is 0 Å². The smallest absolute Gasteiger partial charge is 0.0351 e. The maximum Gasteiger partial charge on any atom is 0.0351 e. The quantitative estimate of drug-likeness (QED) is 0.474. The summed E-state index contributed by atoms with van der Waals surface area (Å²) in [6.07, 6.45) is 8.74. The van der Waals surface area contributed by atoms with E-state index >= 15 is 0 Å². The van der Waals surface area contributed by atoms with Gasteiger partial charge in [0.1, 0.15) is 0 Å². The van der Waals surface area contributed by atoms with Crippen LogP contribution in [0.1, 0.15) is 34.4 Å². The van der Waals surface area contributed by atoms with Crippen LogP contribution in [0.5, 0.6) is 0 Å². The van der Waals surface area contributed by atoms with E-state index in [1.807, 2.05) is 22.7 Å². The first-order valence-electron chi connectivity index (χ1n) is 7.85. The third-order valence-electron chi connectivity index (χ3n) is 5.62. The Balaban J connectivity index is 1.58. The summed E-state index contributed by atoms with van der Waals surface area (Å²) in [5, 5.41) is 5.86. The molecule has 0 bridgehead atoms. The number of hydrogen-bond donors (Lipinski definition) is 0. The van der Waals surface area contributed by atoms with Gasteiger partial charge >= 0.3 is 0 Å². The van der Waals surface area contributed by atoms with Gasteiger partial charge in [-0.05, 0) is 93.6 Å². The molecular weight excluding hydrogens is 304 g/mol. The van der Waals surface area contributed by atoms with Gasteiger partial charge in [-0.25, -0.2) is 0 Å². The second-order valence-corrected chi connectivity index (χ2v) is 8.62.